The van der Waals surface area contributed by atoms with Crippen LogP contribution in [-0.4, -0.2) is 20.7 Å². The maximum absolute atomic E-state index is 12.9. The second-order valence-electron chi connectivity index (χ2n) is 6.57. The number of hydrogen-bond acceptors (Lipinski definition) is 4. The van der Waals surface area contributed by atoms with Gasteiger partial charge in [0, 0.05) is 36.0 Å². The third-order valence-electron chi connectivity index (χ3n) is 4.64. The van der Waals surface area contributed by atoms with E-state index in [-0.39, 0.29) is 5.91 Å². The summed E-state index contributed by atoms with van der Waals surface area (Å²) in [4.78, 5) is 17.0. The average molecular weight is 450 g/mol. The molecule has 4 aromatic rings. The molecule has 2 aromatic carbocycles. The highest BCUT2D eigenvalue weighted by atomic mass is 79.9. The summed E-state index contributed by atoms with van der Waals surface area (Å²) in [6, 6.07) is 17.2. The summed E-state index contributed by atoms with van der Waals surface area (Å²) in [7, 11) is 0. The summed E-state index contributed by atoms with van der Waals surface area (Å²) in [6.45, 7) is 3.45. The largest absolute Gasteiger partial charge is 0.380 e. The summed E-state index contributed by atoms with van der Waals surface area (Å²) < 4.78 is 2.71. The van der Waals surface area contributed by atoms with Crippen LogP contribution >= 0.6 is 15.9 Å². The lowest BCUT2D eigenvalue weighted by molar-refractivity contribution is 0.102. The Morgan fingerprint density at radius 1 is 1.14 bits per heavy atom. The highest BCUT2D eigenvalue weighted by Gasteiger charge is 2.12. The molecular formula is C22H20BrN5O. The van der Waals surface area contributed by atoms with Gasteiger partial charge in [-0.1, -0.05) is 12.1 Å². The van der Waals surface area contributed by atoms with E-state index in [1.807, 2.05) is 65.5 Å². The van der Waals surface area contributed by atoms with Gasteiger partial charge >= 0.3 is 0 Å². The molecule has 0 saturated heterocycles. The van der Waals surface area contributed by atoms with E-state index in [0.717, 1.165) is 39.0 Å². The third-order valence-corrected chi connectivity index (χ3v) is 5.08. The van der Waals surface area contributed by atoms with E-state index < -0.39 is 0 Å². The Bertz CT molecular complexity index is 1170. The number of nitrogens with one attached hydrogen (secondary N) is 2. The van der Waals surface area contributed by atoms with Crippen LogP contribution in [0.1, 0.15) is 22.8 Å². The number of benzene rings is 2. The Hall–Kier alpha value is -3.19. The summed E-state index contributed by atoms with van der Waals surface area (Å²) in [6.07, 6.45) is 3.56. The van der Waals surface area contributed by atoms with Crippen LogP contribution in [0.5, 0.6) is 0 Å². The van der Waals surface area contributed by atoms with Crippen LogP contribution in [0.15, 0.2) is 71.6 Å². The second-order valence-corrected chi connectivity index (χ2v) is 7.39. The van der Waals surface area contributed by atoms with Crippen LogP contribution < -0.4 is 10.6 Å². The van der Waals surface area contributed by atoms with Gasteiger partial charge in [0.15, 0.2) is 0 Å². The molecule has 0 atom stereocenters. The number of fused-ring (bicyclic) bond motifs is 1. The zero-order valence-corrected chi connectivity index (χ0v) is 17.5. The molecule has 0 bridgehead atoms. The predicted octanol–water partition coefficient (Wildman–Crippen LogP) is 5.08. The van der Waals surface area contributed by atoms with Gasteiger partial charge in [0.2, 0.25) is 0 Å². The maximum atomic E-state index is 12.9. The fourth-order valence-electron chi connectivity index (χ4n) is 3.20. The van der Waals surface area contributed by atoms with Gasteiger partial charge < -0.3 is 10.6 Å². The van der Waals surface area contributed by atoms with Gasteiger partial charge in [0.1, 0.15) is 4.60 Å². The highest BCUT2D eigenvalue weighted by Crippen LogP contribution is 2.22. The molecule has 0 unspecified atom stereocenters. The van der Waals surface area contributed by atoms with E-state index in [9.17, 15) is 4.79 Å². The average Bonchev–Trinajstić information content (AvgIpc) is 3.15. The molecule has 6 nitrogen and oxygen atoms in total. The lowest BCUT2D eigenvalue weighted by atomic mass is 10.1. The number of aryl methyl sites for hydroxylation is 1. The van der Waals surface area contributed by atoms with Gasteiger partial charge in [-0.25, -0.2) is 4.98 Å². The zero-order chi connectivity index (χ0) is 20.2. The molecule has 29 heavy (non-hydrogen) atoms. The lowest BCUT2D eigenvalue weighted by Crippen LogP contribution is -2.14. The van der Waals surface area contributed by atoms with Gasteiger partial charge in [0.05, 0.1) is 17.3 Å². The van der Waals surface area contributed by atoms with E-state index in [2.05, 4.69) is 43.6 Å². The summed E-state index contributed by atoms with van der Waals surface area (Å²) in [5, 5.41) is 11.7. The van der Waals surface area contributed by atoms with Gasteiger partial charge in [-0.05, 0) is 70.9 Å². The van der Waals surface area contributed by atoms with E-state index in [4.69, 9.17) is 0 Å². The molecule has 0 aliphatic carbocycles. The first kappa shape index (κ1) is 19.1. The summed E-state index contributed by atoms with van der Waals surface area (Å²) in [5.74, 6) is -0.161. The minimum Gasteiger partial charge on any atom is -0.380 e. The molecule has 7 heteroatoms. The Balaban J connectivity index is 1.51. The fourth-order valence-corrected chi connectivity index (χ4v) is 3.61. The topological polar surface area (TPSA) is 71.8 Å². The molecule has 0 spiro atoms. The van der Waals surface area contributed by atoms with Crippen molar-refractivity contribution in [2.24, 2.45) is 0 Å². The number of aromatic nitrogens is 3. The second kappa shape index (κ2) is 8.45. The van der Waals surface area contributed by atoms with Crippen LogP contribution in [0.3, 0.4) is 0 Å². The molecule has 2 N–H and O–H groups in total. The molecule has 0 aliphatic rings. The molecule has 0 radical (unpaired) electrons. The van der Waals surface area contributed by atoms with Crippen LogP contribution in [0.25, 0.3) is 10.9 Å². The van der Waals surface area contributed by atoms with Crippen molar-refractivity contribution in [3.8, 4) is 0 Å². The minimum atomic E-state index is -0.161. The van der Waals surface area contributed by atoms with Gasteiger partial charge in [-0.15, -0.1) is 0 Å². The monoisotopic (exact) mass is 449 g/mol. The van der Waals surface area contributed by atoms with Crippen molar-refractivity contribution in [1.82, 2.24) is 14.8 Å². The number of rotatable bonds is 6. The van der Waals surface area contributed by atoms with Gasteiger partial charge in [-0.2, -0.15) is 5.10 Å². The summed E-state index contributed by atoms with van der Waals surface area (Å²) in [5.41, 5.74) is 4.23. The number of carbonyl (C=O) groups excluding carboxylic acids is 1. The Labute approximate surface area is 177 Å². The fraction of sp³-hybridized carbons (Fsp3) is 0.136. The number of halogens is 1. The zero-order valence-electron chi connectivity index (χ0n) is 15.9. The van der Waals surface area contributed by atoms with E-state index in [1.165, 1.54) is 0 Å². The molecule has 146 valence electrons. The smallest absolute Gasteiger partial charge is 0.257 e. The number of nitrogens with zero attached hydrogens (tertiary/aromatic N) is 3. The number of para-hydroxylation sites is 1. The molecule has 0 saturated carbocycles. The standard InChI is InChI=1S/C22H20BrN5O/c1-2-28-20-8-7-17(12-16(20)14-26-28)27-22(29)18-5-3-4-6-19(18)25-13-15-9-10-24-21(23)11-15/h3-12,14,25H,2,13H2,1H3,(H,27,29). The first-order valence-electron chi connectivity index (χ1n) is 9.34. The van der Waals surface area contributed by atoms with Crippen molar-refractivity contribution < 1.29 is 4.79 Å². The molecule has 2 aromatic heterocycles. The van der Waals surface area contributed by atoms with Crippen LogP contribution in [0.2, 0.25) is 0 Å². The molecule has 1 amide bonds. The van der Waals surface area contributed by atoms with Crippen molar-refractivity contribution >= 4 is 44.1 Å². The number of pyridine rings is 1. The molecule has 0 aliphatic heterocycles. The van der Waals surface area contributed by atoms with Crippen LogP contribution in [0, 0.1) is 0 Å². The number of anilines is 2. The van der Waals surface area contributed by atoms with E-state index >= 15 is 0 Å². The van der Waals surface area contributed by atoms with Crippen molar-refractivity contribution in [3.05, 3.63) is 82.7 Å². The Kier molecular flexibility index (Phi) is 5.57. The van der Waals surface area contributed by atoms with E-state index in [1.54, 1.807) is 6.20 Å². The molecular weight excluding hydrogens is 430 g/mol. The Morgan fingerprint density at radius 3 is 2.83 bits per heavy atom. The first-order valence-corrected chi connectivity index (χ1v) is 10.1. The van der Waals surface area contributed by atoms with Crippen molar-refractivity contribution in [2.45, 2.75) is 20.0 Å². The van der Waals surface area contributed by atoms with Crippen LogP contribution in [-0.2, 0) is 13.1 Å². The first-order chi connectivity index (χ1) is 14.1. The van der Waals surface area contributed by atoms with Crippen molar-refractivity contribution in [1.29, 1.82) is 0 Å². The predicted molar refractivity (Wildman–Crippen MR) is 119 cm³/mol. The maximum Gasteiger partial charge on any atom is 0.257 e. The lowest BCUT2D eigenvalue weighted by Gasteiger charge is -2.13. The van der Waals surface area contributed by atoms with E-state index in [0.29, 0.717) is 12.1 Å². The number of amides is 1. The highest BCUT2D eigenvalue weighted by molar-refractivity contribution is 9.10. The number of hydrogen-bond donors (Lipinski definition) is 2. The van der Waals surface area contributed by atoms with Crippen molar-refractivity contribution in [3.63, 3.8) is 0 Å². The molecule has 4 rings (SSSR count). The van der Waals surface area contributed by atoms with Gasteiger partial charge in [0.25, 0.3) is 5.91 Å². The van der Waals surface area contributed by atoms with Gasteiger partial charge in [-0.3, -0.25) is 9.48 Å². The minimum absolute atomic E-state index is 0.161. The summed E-state index contributed by atoms with van der Waals surface area (Å²) >= 11 is 3.38. The number of carbonyl (C=O) groups is 1. The molecule has 0 fully saturated rings. The van der Waals surface area contributed by atoms with Crippen LogP contribution in [0.4, 0.5) is 11.4 Å². The normalized spacial score (nSPS) is 10.8. The molecule has 2 heterocycles. The quantitative estimate of drug-likeness (QED) is 0.402. The third kappa shape index (κ3) is 4.30. The Morgan fingerprint density at radius 2 is 2.00 bits per heavy atom. The van der Waals surface area contributed by atoms with Crippen molar-refractivity contribution in [2.75, 3.05) is 10.6 Å². The SMILES string of the molecule is CCn1ncc2cc(NC(=O)c3ccccc3NCc3ccnc(Br)c3)ccc21.